The van der Waals surface area contributed by atoms with Crippen molar-refractivity contribution >= 4 is 21.5 Å². The average Bonchev–Trinajstić information content (AvgIpc) is 3.01. The molecule has 1 fully saturated rings. The second-order valence-corrected chi connectivity index (χ2v) is 10.9. The molecule has 38 heavy (non-hydrogen) atoms. The Balaban J connectivity index is 1.55. The van der Waals surface area contributed by atoms with Crippen LogP contribution in [0.3, 0.4) is 0 Å². The molecule has 0 bridgehead atoms. The summed E-state index contributed by atoms with van der Waals surface area (Å²) >= 11 is 0. The zero-order valence-corrected chi connectivity index (χ0v) is 22.6. The van der Waals surface area contributed by atoms with E-state index in [1.54, 1.807) is 0 Å². The number of rotatable bonds is 1. The van der Waals surface area contributed by atoms with Gasteiger partial charge in [-0.05, 0) is 96.5 Å². The number of benzene rings is 4. The third kappa shape index (κ3) is 4.61. The van der Waals surface area contributed by atoms with Crippen molar-refractivity contribution in [3.05, 3.63) is 71.8 Å². The molecule has 0 saturated heterocycles. The molecule has 1 saturated carbocycles. The summed E-state index contributed by atoms with van der Waals surface area (Å²) in [6, 6.07) is 21.6. The van der Waals surface area contributed by atoms with Gasteiger partial charge in [-0.15, -0.1) is 11.8 Å². The lowest BCUT2D eigenvalue weighted by Gasteiger charge is -2.32. The molecule has 0 radical (unpaired) electrons. The Kier molecular flexibility index (Phi) is 6.74. The standard InChI is InChI=1S/C36H34O2/c1-4-6-25-10-16-31-28(20-25)14-18-33-35(31)36-32-17-11-26(7-5-2)21-29(32)15-19-34(36)38-23-30(22-37-33)27-12-8-24(3)9-13-27/h10-11,14-21,24,27,30H,8-9,12-13,22-23H2,1-3H3. The molecule has 4 aromatic rings. The Bertz CT molecular complexity index is 1520. The largest absolute Gasteiger partial charge is 0.492 e. The predicted octanol–water partition coefficient (Wildman–Crippen LogP) is 8.62. The molecule has 0 spiro atoms. The van der Waals surface area contributed by atoms with Crippen LogP contribution in [0.15, 0.2) is 60.7 Å². The van der Waals surface area contributed by atoms with Crippen LogP contribution in [0.5, 0.6) is 11.5 Å². The first-order chi connectivity index (χ1) is 18.6. The molecule has 4 aromatic carbocycles. The van der Waals surface area contributed by atoms with E-state index in [1.807, 2.05) is 13.8 Å². The predicted molar refractivity (Wildman–Crippen MR) is 158 cm³/mol. The van der Waals surface area contributed by atoms with Crippen molar-refractivity contribution in [2.24, 2.45) is 17.8 Å². The summed E-state index contributed by atoms with van der Waals surface area (Å²) in [5.74, 6) is 16.2. The summed E-state index contributed by atoms with van der Waals surface area (Å²) in [7, 11) is 0. The Morgan fingerprint density at radius 1 is 0.605 bits per heavy atom. The van der Waals surface area contributed by atoms with Gasteiger partial charge in [-0.3, -0.25) is 0 Å². The van der Waals surface area contributed by atoms with E-state index in [-0.39, 0.29) is 0 Å². The van der Waals surface area contributed by atoms with Crippen molar-refractivity contribution in [3.63, 3.8) is 0 Å². The minimum atomic E-state index is 0.372. The maximum absolute atomic E-state index is 6.72. The molecule has 1 heterocycles. The zero-order valence-electron chi connectivity index (χ0n) is 22.6. The maximum Gasteiger partial charge on any atom is 0.127 e. The first kappa shape index (κ1) is 24.5. The first-order valence-electron chi connectivity index (χ1n) is 13.9. The molecule has 0 amide bonds. The molecule has 0 aromatic heterocycles. The fraction of sp³-hybridized carbons (Fsp3) is 0.333. The maximum atomic E-state index is 6.72. The van der Waals surface area contributed by atoms with Crippen LogP contribution in [0, 0.1) is 41.4 Å². The molecule has 6 rings (SSSR count). The molecule has 0 unspecified atom stereocenters. The zero-order chi connectivity index (χ0) is 26.1. The van der Waals surface area contributed by atoms with E-state index in [1.165, 1.54) is 25.7 Å². The monoisotopic (exact) mass is 498 g/mol. The third-order valence-electron chi connectivity index (χ3n) is 8.38. The average molecular weight is 499 g/mol. The molecule has 0 N–H and O–H groups in total. The highest BCUT2D eigenvalue weighted by molar-refractivity contribution is 6.10. The Morgan fingerprint density at radius 3 is 1.58 bits per heavy atom. The van der Waals surface area contributed by atoms with Gasteiger partial charge in [0.1, 0.15) is 11.5 Å². The number of ether oxygens (including phenoxy) is 2. The van der Waals surface area contributed by atoms with Gasteiger partial charge in [-0.1, -0.05) is 55.9 Å². The highest BCUT2D eigenvalue weighted by Crippen LogP contribution is 2.47. The van der Waals surface area contributed by atoms with Gasteiger partial charge in [-0.2, -0.15) is 0 Å². The Labute approximate surface area is 226 Å². The molecule has 2 aliphatic rings. The van der Waals surface area contributed by atoms with Gasteiger partial charge in [0.2, 0.25) is 0 Å². The van der Waals surface area contributed by atoms with Crippen molar-refractivity contribution in [2.75, 3.05) is 13.2 Å². The summed E-state index contributed by atoms with van der Waals surface area (Å²) in [4.78, 5) is 0. The van der Waals surface area contributed by atoms with Crippen LogP contribution < -0.4 is 9.47 Å². The van der Waals surface area contributed by atoms with Crippen LogP contribution in [-0.2, 0) is 0 Å². The fourth-order valence-corrected chi connectivity index (χ4v) is 6.29. The van der Waals surface area contributed by atoms with Crippen LogP contribution in [0.4, 0.5) is 0 Å². The van der Waals surface area contributed by atoms with Crippen molar-refractivity contribution in [1.29, 1.82) is 0 Å². The summed E-state index contributed by atoms with van der Waals surface area (Å²) in [5.41, 5.74) is 4.25. The van der Waals surface area contributed by atoms with Crippen LogP contribution in [0.2, 0.25) is 0 Å². The highest BCUT2D eigenvalue weighted by atomic mass is 16.5. The third-order valence-corrected chi connectivity index (χ3v) is 8.38. The SMILES string of the molecule is CC#Cc1ccc2c3c(ccc2c1)OCC(C1CCC(C)CC1)COc1ccc2cc(C#CC)ccc2c1-3. The van der Waals surface area contributed by atoms with Gasteiger partial charge in [-0.25, -0.2) is 0 Å². The van der Waals surface area contributed by atoms with Crippen LogP contribution in [-0.4, -0.2) is 13.2 Å². The van der Waals surface area contributed by atoms with Crippen LogP contribution in [0.1, 0.15) is 57.6 Å². The topological polar surface area (TPSA) is 18.5 Å². The molecule has 190 valence electrons. The smallest absolute Gasteiger partial charge is 0.127 e. The van der Waals surface area contributed by atoms with Crippen molar-refractivity contribution in [1.82, 2.24) is 0 Å². The summed E-state index contributed by atoms with van der Waals surface area (Å²) < 4.78 is 13.4. The van der Waals surface area contributed by atoms with Gasteiger partial charge in [0.25, 0.3) is 0 Å². The van der Waals surface area contributed by atoms with Crippen LogP contribution in [0.25, 0.3) is 32.7 Å². The van der Waals surface area contributed by atoms with E-state index in [9.17, 15) is 0 Å². The van der Waals surface area contributed by atoms with E-state index in [4.69, 9.17) is 9.47 Å². The van der Waals surface area contributed by atoms with Crippen molar-refractivity contribution in [2.45, 2.75) is 46.5 Å². The quantitative estimate of drug-likeness (QED) is 0.245. The van der Waals surface area contributed by atoms with Gasteiger partial charge in [0, 0.05) is 28.2 Å². The fourth-order valence-electron chi connectivity index (χ4n) is 6.29. The number of hydrogen-bond acceptors (Lipinski definition) is 2. The van der Waals surface area contributed by atoms with E-state index >= 15 is 0 Å². The van der Waals surface area contributed by atoms with Crippen LogP contribution >= 0.6 is 0 Å². The van der Waals surface area contributed by atoms with E-state index in [2.05, 4.69) is 91.3 Å². The van der Waals surface area contributed by atoms with Gasteiger partial charge < -0.3 is 9.47 Å². The molecule has 1 aliphatic carbocycles. The molecule has 2 nitrogen and oxygen atoms in total. The lowest BCUT2D eigenvalue weighted by molar-refractivity contribution is 0.102. The second-order valence-electron chi connectivity index (χ2n) is 10.9. The number of hydrogen-bond donors (Lipinski definition) is 0. The lowest BCUT2D eigenvalue weighted by Crippen LogP contribution is -2.30. The molecular formula is C36H34O2. The van der Waals surface area contributed by atoms with E-state index in [0.717, 1.165) is 61.2 Å². The highest BCUT2D eigenvalue weighted by Gasteiger charge is 2.30. The number of fused-ring (bicyclic) bond motifs is 7. The van der Waals surface area contributed by atoms with Crippen molar-refractivity contribution in [3.8, 4) is 46.3 Å². The Morgan fingerprint density at radius 2 is 1.11 bits per heavy atom. The molecule has 0 atom stereocenters. The molecular weight excluding hydrogens is 464 g/mol. The summed E-state index contributed by atoms with van der Waals surface area (Å²) in [6.07, 6.45) is 5.12. The summed E-state index contributed by atoms with van der Waals surface area (Å²) in [5, 5.41) is 4.62. The minimum Gasteiger partial charge on any atom is -0.492 e. The molecule has 1 aliphatic heterocycles. The van der Waals surface area contributed by atoms with Crippen molar-refractivity contribution < 1.29 is 9.47 Å². The van der Waals surface area contributed by atoms with Gasteiger partial charge in [0.05, 0.1) is 13.2 Å². The minimum absolute atomic E-state index is 0.372. The normalized spacial score (nSPS) is 19.2. The van der Waals surface area contributed by atoms with E-state index < -0.39 is 0 Å². The van der Waals surface area contributed by atoms with Gasteiger partial charge in [0.15, 0.2) is 0 Å². The first-order valence-corrected chi connectivity index (χ1v) is 13.9. The molecule has 2 heteroatoms. The van der Waals surface area contributed by atoms with Gasteiger partial charge >= 0.3 is 0 Å². The Hall–Kier alpha value is -3.88. The summed E-state index contributed by atoms with van der Waals surface area (Å²) in [6.45, 7) is 7.49. The second kappa shape index (κ2) is 10.5. The lowest BCUT2D eigenvalue weighted by atomic mass is 9.77. The van der Waals surface area contributed by atoms with E-state index in [0.29, 0.717) is 25.0 Å².